The molecular formula is C30H36N2O4. The van der Waals surface area contributed by atoms with Crippen molar-refractivity contribution in [3.05, 3.63) is 88.5 Å². The number of aliphatic hydroxyl groups excluding tert-OH is 1. The lowest BCUT2D eigenvalue weighted by Crippen LogP contribution is -2.57. The van der Waals surface area contributed by atoms with Gasteiger partial charge in [-0.2, -0.15) is 0 Å². The van der Waals surface area contributed by atoms with Gasteiger partial charge in [0.1, 0.15) is 12.0 Å². The molecule has 1 N–H and O–H groups in total. The van der Waals surface area contributed by atoms with Gasteiger partial charge in [0.2, 0.25) is 0 Å². The highest BCUT2D eigenvalue weighted by Crippen LogP contribution is 2.37. The molecule has 0 bridgehead atoms. The summed E-state index contributed by atoms with van der Waals surface area (Å²) >= 11 is 0. The molecule has 3 atom stereocenters. The van der Waals surface area contributed by atoms with Crippen molar-refractivity contribution in [3.63, 3.8) is 0 Å². The van der Waals surface area contributed by atoms with Gasteiger partial charge in [-0.25, -0.2) is 0 Å². The number of benzene rings is 3. The molecule has 0 spiro atoms. The molecule has 0 saturated carbocycles. The molecule has 6 heteroatoms. The van der Waals surface area contributed by atoms with Gasteiger partial charge in [-0.1, -0.05) is 42.5 Å². The van der Waals surface area contributed by atoms with Crippen LogP contribution in [0.15, 0.2) is 60.7 Å². The van der Waals surface area contributed by atoms with E-state index in [0.29, 0.717) is 13.1 Å². The van der Waals surface area contributed by atoms with Crippen LogP contribution in [0.4, 0.5) is 0 Å². The van der Waals surface area contributed by atoms with Gasteiger partial charge < -0.3 is 19.3 Å². The maximum atomic E-state index is 11.9. The fourth-order valence-corrected chi connectivity index (χ4v) is 5.78. The lowest BCUT2D eigenvalue weighted by Gasteiger charge is -2.46. The molecule has 3 aromatic carbocycles. The van der Waals surface area contributed by atoms with Gasteiger partial charge in [-0.3, -0.25) is 9.80 Å². The minimum atomic E-state index is -0.621. The minimum Gasteiger partial charge on any atom is -0.496 e. The number of rotatable bonds is 7. The molecule has 0 radical (unpaired) electrons. The van der Waals surface area contributed by atoms with E-state index in [0.717, 1.165) is 42.2 Å². The molecule has 0 amide bonds. The van der Waals surface area contributed by atoms with Crippen molar-refractivity contribution in [2.75, 3.05) is 21.3 Å². The first-order chi connectivity index (χ1) is 17.5. The van der Waals surface area contributed by atoms with Crippen molar-refractivity contribution >= 4 is 0 Å². The summed E-state index contributed by atoms with van der Waals surface area (Å²) < 4.78 is 16.7. The molecule has 2 aliphatic rings. The first-order valence-electron chi connectivity index (χ1n) is 12.6. The number of para-hydroxylation sites is 1. The van der Waals surface area contributed by atoms with Crippen LogP contribution in [0.5, 0.6) is 17.2 Å². The van der Waals surface area contributed by atoms with Crippen molar-refractivity contribution in [3.8, 4) is 17.2 Å². The van der Waals surface area contributed by atoms with Crippen molar-refractivity contribution in [1.29, 1.82) is 0 Å². The quantitative estimate of drug-likeness (QED) is 0.532. The number of hydrogen-bond donors (Lipinski definition) is 1. The highest BCUT2D eigenvalue weighted by Gasteiger charge is 2.38. The third-order valence-corrected chi connectivity index (χ3v) is 7.78. The van der Waals surface area contributed by atoms with E-state index >= 15 is 0 Å². The zero-order valence-electron chi connectivity index (χ0n) is 21.6. The first-order valence-corrected chi connectivity index (χ1v) is 12.6. The van der Waals surface area contributed by atoms with E-state index in [1.807, 2.05) is 18.2 Å². The largest absolute Gasteiger partial charge is 0.496 e. The Labute approximate surface area is 214 Å². The summed E-state index contributed by atoms with van der Waals surface area (Å²) in [6.07, 6.45) is 1.03. The molecule has 190 valence electrons. The molecule has 5 rings (SSSR count). The number of aliphatic hydroxyl groups is 1. The van der Waals surface area contributed by atoms with Crippen LogP contribution in [0.1, 0.15) is 34.7 Å². The monoisotopic (exact) mass is 488 g/mol. The lowest BCUT2D eigenvalue weighted by atomic mass is 9.89. The third kappa shape index (κ3) is 4.69. The average molecular weight is 489 g/mol. The van der Waals surface area contributed by atoms with E-state index < -0.39 is 6.23 Å². The van der Waals surface area contributed by atoms with E-state index in [1.165, 1.54) is 22.3 Å². The van der Waals surface area contributed by atoms with Crippen LogP contribution in [0.25, 0.3) is 0 Å². The number of nitrogens with zero attached hydrogens (tertiary/aromatic N) is 2. The van der Waals surface area contributed by atoms with Gasteiger partial charge in [0.25, 0.3) is 0 Å². The molecule has 3 unspecified atom stereocenters. The molecule has 2 heterocycles. The molecule has 0 fully saturated rings. The molecule has 0 aliphatic carbocycles. The van der Waals surface area contributed by atoms with Crippen molar-refractivity contribution in [1.82, 2.24) is 9.80 Å². The maximum Gasteiger partial charge on any atom is 0.161 e. The van der Waals surface area contributed by atoms with Crippen LogP contribution >= 0.6 is 0 Å². The van der Waals surface area contributed by atoms with Crippen LogP contribution in [0, 0.1) is 0 Å². The van der Waals surface area contributed by atoms with Gasteiger partial charge in [0.05, 0.1) is 27.4 Å². The van der Waals surface area contributed by atoms with Crippen molar-refractivity contribution < 1.29 is 19.3 Å². The van der Waals surface area contributed by atoms with Crippen molar-refractivity contribution in [2.45, 2.75) is 57.7 Å². The standard InChI is InChI=1S/C30H36N2O4/c1-20-13-24-15-28(35-3)29(36-4)16-25(24)19-32(20)30(33)26-14-21-9-5-6-10-22(21)17-31(26)18-23-11-7-8-12-27(23)34-2/h5-12,15-16,20,26,30,33H,13-14,17-19H2,1-4H3. The number of fused-ring (bicyclic) bond motifs is 2. The summed E-state index contributed by atoms with van der Waals surface area (Å²) in [5, 5.41) is 11.9. The normalized spacial score (nSPS) is 20.8. The minimum absolute atomic E-state index is 0.0473. The zero-order valence-corrected chi connectivity index (χ0v) is 21.6. The molecule has 0 saturated heterocycles. The van der Waals surface area contributed by atoms with E-state index in [2.05, 4.69) is 59.2 Å². The van der Waals surface area contributed by atoms with Crippen LogP contribution < -0.4 is 14.2 Å². The summed E-state index contributed by atoms with van der Waals surface area (Å²) in [7, 11) is 5.05. The summed E-state index contributed by atoms with van der Waals surface area (Å²) in [4.78, 5) is 4.64. The third-order valence-electron chi connectivity index (χ3n) is 7.78. The predicted octanol–water partition coefficient (Wildman–Crippen LogP) is 4.40. The topological polar surface area (TPSA) is 54.4 Å². The Kier molecular flexibility index (Phi) is 7.19. The second-order valence-electron chi connectivity index (χ2n) is 9.87. The summed E-state index contributed by atoms with van der Waals surface area (Å²) in [6.45, 7) is 4.37. The Bertz CT molecular complexity index is 1210. The molecule has 3 aromatic rings. The van der Waals surface area contributed by atoms with Gasteiger partial charge in [-0.05, 0) is 60.2 Å². The summed E-state index contributed by atoms with van der Waals surface area (Å²) in [5.74, 6) is 2.36. The van der Waals surface area contributed by atoms with E-state index in [1.54, 1.807) is 21.3 Å². The summed E-state index contributed by atoms with van der Waals surface area (Å²) in [6, 6.07) is 21.0. The fourth-order valence-electron chi connectivity index (χ4n) is 5.78. The summed E-state index contributed by atoms with van der Waals surface area (Å²) in [5.41, 5.74) is 6.20. The number of methoxy groups -OCH3 is 3. The molecule has 36 heavy (non-hydrogen) atoms. The molecule has 2 aliphatic heterocycles. The van der Waals surface area contributed by atoms with E-state index in [9.17, 15) is 5.11 Å². The van der Waals surface area contributed by atoms with Crippen LogP contribution in [0.3, 0.4) is 0 Å². The fraction of sp³-hybridized carbons (Fsp3) is 0.400. The Hall–Kier alpha value is -3.06. The predicted molar refractivity (Wildman–Crippen MR) is 140 cm³/mol. The Morgan fingerprint density at radius 2 is 1.42 bits per heavy atom. The molecular weight excluding hydrogens is 452 g/mol. The number of ether oxygens (including phenoxy) is 3. The zero-order chi connectivity index (χ0) is 25.2. The van der Waals surface area contributed by atoms with Crippen LogP contribution in [0.2, 0.25) is 0 Å². The van der Waals surface area contributed by atoms with Gasteiger partial charge in [0.15, 0.2) is 11.5 Å². The average Bonchev–Trinajstić information content (AvgIpc) is 2.91. The van der Waals surface area contributed by atoms with E-state index in [4.69, 9.17) is 14.2 Å². The van der Waals surface area contributed by atoms with E-state index in [-0.39, 0.29) is 12.1 Å². The van der Waals surface area contributed by atoms with Gasteiger partial charge in [-0.15, -0.1) is 0 Å². The van der Waals surface area contributed by atoms with Crippen LogP contribution in [-0.2, 0) is 32.5 Å². The maximum absolute atomic E-state index is 11.9. The SMILES string of the molecule is COc1ccccc1CN1Cc2ccccc2CC1C(O)N1Cc2cc(OC)c(OC)cc2CC1C. The van der Waals surface area contributed by atoms with Crippen LogP contribution in [-0.4, -0.2) is 54.5 Å². The Morgan fingerprint density at radius 3 is 2.14 bits per heavy atom. The number of hydrogen-bond acceptors (Lipinski definition) is 6. The molecule has 0 aromatic heterocycles. The smallest absolute Gasteiger partial charge is 0.161 e. The second kappa shape index (κ2) is 10.5. The highest BCUT2D eigenvalue weighted by molar-refractivity contribution is 5.48. The molecule has 6 nitrogen and oxygen atoms in total. The van der Waals surface area contributed by atoms with Gasteiger partial charge >= 0.3 is 0 Å². The Balaban J connectivity index is 1.45. The first kappa shape index (κ1) is 24.6. The van der Waals surface area contributed by atoms with Crippen molar-refractivity contribution in [2.24, 2.45) is 0 Å². The second-order valence-corrected chi connectivity index (χ2v) is 9.87. The highest BCUT2D eigenvalue weighted by atomic mass is 16.5. The van der Waals surface area contributed by atoms with Gasteiger partial charge in [0, 0.05) is 31.2 Å². The Morgan fingerprint density at radius 1 is 0.778 bits per heavy atom. The lowest BCUT2D eigenvalue weighted by molar-refractivity contribution is -0.0929.